The molecule has 0 spiro atoms. The fourth-order valence-corrected chi connectivity index (χ4v) is 3.14. The lowest BCUT2D eigenvalue weighted by Gasteiger charge is -2.45. The standard InChI is InChI=1S/C15H30N2O/c1-11(2)14-10-17(12(3)7-8-18-4)15(9-16-14)13-5-6-13/h11-16H,5-10H2,1-4H3. The Labute approximate surface area is 112 Å². The zero-order valence-corrected chi connectivity index (χ0v) is 12.5. The summed E-state index contributed by atoms with van der Waals surface area (Å²) in [6, 6.07) is 2.08. The van der Waals surface area contributed by atoms with Crippen molar-refractivity contribution in [2.45, 2.75) is 58.2 Å². The van der Waals surface area contributed by atoms with Gasteiger partial charge in [-0.1, -0.05) is 13.8 Å². The van der Waals surface area contributed by atoms with Gasteiger partial charge in [0.1, 0.15) is 0 Å². The van der Waals surface area contributed by atoms with E-state index in [9.17, 15) is 0 Å². The van der Waals surface area contributed by atoms with Gasteiger partial charge in [0.05, 0.1) is 0 Å². The van der Waals surface area contributed by atoms with Crippen LogP contribution in [0, 0.1) is 11.8 Å². The maximum absolute atomic E-state index is 5.25. The van der Waals surface area contributed by atoms with E-state index < -0.39 is 0 Å². The highest BCUT2D eigenvalue weighted by molar-refractivity contribution is 4.97. The summed E-state index contributed by atoms with van der Waals surface area (Å²) in [5.41, 5.74) is 0. The van der Waals surface area contributed by atoms with E-state index in [0.29, 0.717) is 12.1 Å². The van der Waals surface area contributed by atoms with Gasteiger partial charge in [0.15, 0.2) is 0 Å². The van der Waals surface area contributed by atoms with Crippen molar-refractivity contribution < 1.29 is 4.74 Å². The first-order chi connectivity index (χ1) is 8.63. The predicted molar refractivity (Wildman–Crippen MR) is 75.8 cm³/mol. The van der Waals surface area contributed by atoms with E-state index in [1.807, 2.05) is 0 Å². The van der Waals surface area contributed by atoms with E-state index in [0.717, 1.165) is 30.9 Å². The molecular weight excluding hydrogens is 224 g/mol. The van der Waals surface area contributed by atoms with Crippen molar-refractivity contribution in [3.8, 4) is 0 Å². The van der Waals surface area contributed by atoms with Gasteiger partial charge >= 0.3 is 0 Å². The summed E-state index contributed by atoms with van der Waals surface area (Å²) in [6.07, 6.45) is 4.03. The second-order valence-electron chi connectivity index (χ2n) is 6.49. The van der Waals surface area contributed by atoms with Gasteiger partial charge in [-0.3, -0.25) is 4.90 Å². The van der Waals surface area contributed by atoms with Crippen molar-refractivity contribution in [2.24, 2.45) is 11.8 Å². The van der Waals surface area contributed by atoms with Gasteiger partial charge in [-0.2, -0.15) is 0 Å². The maximum Gasteiger partial charge on any atom is 0.0477 e. The Morgan fingerprint density at radius 3 is 2.56 bits per heavy atom. The fourth-order valence-electron chi connectivity index (χ4n) is 3.14. The molecule has 106 valence electrons. The molecule has 2 aliphatic rings. The maximum atomic E-state index is 5.25. The molecule has 1 heterocycles. The first-order valence-corrected chi connectivity index (χ1v) is 7.61. The average Bonchev–Trinajstić information content (AvgIpc) is 3.19. The molecule has 3 nitrogen and oxygen atoms in total. The SMILES string of the molecule is COCCC(C)N1CC(C(C)C)NCC1C1CC1. The summed E-state index contributed by atoms with van der Waals surface area (Å²) in [4.78, 5) is 2.76. The van der Waals surface area contributed by atoms with Gasteiger partial charge in [0.2, 0.25) is 0 Å². The molecule has 18 heavy (non-hydrogen) atoms. The largest absolute Gasteiger partial charge is 0.385 e. The third-order valence-electron chi connectivity index (χ3n) is 4.70. The van der Waals surface area contributed by atoms with Crippen molar-refractivity contribution in [3.05, 3.63) is 0 Å². The topological polar surface area (TPSA) is 24.5 Å². The minimum absolute atomic E-state index is 0.652. The van der Waals surface area contributed by atoms with Crippen molar-refractivity contribution in [1.29, 1.82) is 0 Å². The molecule has 3 unspecified atom stereocenters. The number of ether oxygens (including phenoxy) is 1. The number of hydrogen-bond donors (Lipinski definition) is 1. The van der Waals surface area contributed by atoms with Gasteiger partial charge in [0.25, 0.3) is 0 Å². The molecule has 3 heteroatoms. The first-order valence-electron chi connectivity index (χ1n) is 7.61. The van der Waals surface area contributed by atoms with Gasteiger partial charge in [-0.05, 0) is 38.0 Å². The highest BCUT2D eigenvalue weighted by atomic mass is 16.5. The Kier molecular flexibility index (Phi) is 5.05. The van der Waals surface area contributed by atoms with E-state index in [1.165, 1.54) is 25.9 Å². The summed E-state index contributed by atoms with van der Waals surface area (Å²) in [6.45, 7) is 10.3. The van der Waals surface area contributed by atoms with E-state index in [2.05, 4.69) is 31.0 Å². The zero-order valence-electron chi connectivity index (χ0n) is 12.5. The average molecular weight is 254 g/mol. The quantitative estimate of drug-likeness (QED) is 0.786. The van der Waals surface area contributed by atoms with E-state index in [1.54, 1.807) is 7.11 Å². The highest BCUT2D eigenvalue weighted by Crippen LogP contribution is 2.37. The number of nitrogens with zero attached hydrogens (tertiary/aromatic N) is 1. The zero-order chi connectivity index (χ0) is 13.1. The number of piperazine rings is 1. The van der Waals surface area contributed by atoms with Gasteiger partial charge in [-0.15, -0.1) is 0 Å². The summed E-state index contributed by atoms with van der Waals surface area (Å²) < 4.78 is 5.25. The molecule has 2 fully saturated rings. The Morgan fingerprint density at radius 2 is 2.00 bits per heavy atom. The molecule has 1 saturated carbocycles. The molecular formula is C15H30N2O. The summed E-state index contributed by atoms with van der Waals surface area (Å²) in [5.74, 6) is 1.68. The summed E-state index contributed by atoms with van der Waals surface area (Å²) in [7, 11) is 1.81. The fraction of sp³-hybridized carbons (Fsp3) is 1.00. The molecule has 3 atom stereocenters. The smallest absolute Gasteiger partial charge is 0.0477 e. The molecule has 1 N–H and O–H groups in total. The lowest BCUT2D eigenvalue weighted by atomic mass is 9.95. The van der Waals surface area contributed by atoms with Crippen LogP contribution in [0.2, 0.25) is 0 Å². The molecule has 0 aromatic heterocycles. The van der Waals surface area contributed by atoms with E-state index >= 15 is 0 Å². The molecule has 0 amide bonds. The number of rotatable bonds is 6. The van der Waals surface area contributed by atoms with Crippen molar-refractivity contribution in [3.63, 3.8) is 0 Å². The normalized spacial score (nSPS) is 31.8. The Morgan fingerprint density at radius 1 is 1.28 bits per heavy atom. The van der Waals surface area contributed by atoms with Gasteiger partial charge < -0.3 is 10.1 Å². The van der Waals surface area contributed by atoms with Gasteiger partial charge in [-0.25, -0.2) is 0 Å². The monoisotopic (exact) mass is 254 g/mol. The van der Waals surface area contributed by atoms with Crippen LogP contribution in [-0.2, 0) is 4.74 Å². The highest BCUT2D eigenvalue weighted by Gasteiger charge is 2.40. The van der Waals surface area contributed by atoms with Crippen molar-refractivity contribution in [2.75, 3.05) is 26.8 Å². The molecule has 0 radical (unpaired) electrons. The minimum atomic E-state index is 0.652. The lowest BCUT2D eigenvalue weighted by molar-refractivity contribution is 0.0487. The first kappa shape index (κ1) is 14.3. The predicted octanol–water partition coefficient (Wildman–Crippen LogP) is 2.12. The minimum Gasteiger partial charge on any atom is -0.385 e. The van der Waals surface area contributed by atoms with E-state index in [4.69, 9.17) is 4.74 Å². The second-order valence-corrected chi connectivity index (χ2v) is 6.49. The van der Waals surface area contributed by atoms with Crippen LogP contribution in [0.25, 0.3) is 0 Å². The third kappa shape index (κ3) is 3.46. The van der Waals surface area contributed by atoms with Crippen LogP contribution in [0.3, 0.4) is 0 Å². The third-order valence-corrected chi connectivity index (χ3v) is 4.70. The number of methoxy groups -OCH3 is 1. The van der Waals surface area contributed by atoms with Crippen LogP contribution in [0.4, 0.5) is 0 Å². The van der Waals surface area contributed by atoms with Gasteiger partial charge in [0, 0.05) is 44.9 Å². The molecule has 0 bridgehead atoms. The van der Waals surface area contributed by atoms with Crippen LogP contribution < -0.4 is 5.32 Å². The molecule has 1 aliphatic heterocycles. The lowest BCUT2D eigenvalue weighted by Crippen LogP contribution is -2.61. The van der Waals surface area contributed by atoms with E-state index in [-0.39, 0.29) is 0 Å². The van der Waals surface area contributed by atoms with Crippen LogP contribution in [0.1, 0.15) is 40.0 Å². The number of nitrogens with one attached hydrogen (secondary N) is 1. The number of hydrogen-bond acceptors (Lipinski definition) is 3. The van der Waals surface area contributed by atoms with Crippen LogP contribution in [0.5, 0.6) is 0 Å². The van der Waals surface area contributed by atoms with Crippen molar-refractivity contribution >= 4 is 0 Å². The molecule has 1 saturated heterocycles. The van der Waals surface area contributed by atoms with Crippen LogP contribution in [-0.4, -0.2) is 49.8 Å². The molecule has 0 aromatic rings. The molecule has 0 aromatic carbocycles. The van der Waals surface area contributed by atoms with Crippen LogP contribution in [0.15, 0.2) is 0 Å². The Balaban J connectivity index is 1.95. The summed E-state index contributed by atoms with van der Waals surface area (Å²) in [5, 5.41) is 3.76. The molecule has 1 aliphatic carbocycles. The van der Waals surface area contributed by atoms with Crippen molar-refractivity contribution in [1.82, 2.24) is 10.2 Å². The summed E-state index contributed by atoms with van der Waals surface area (Å²) >= 11 is 0. The Bertz CT molecular complexity index is 253. The van der Waals surface area contributed by atoms with Crippen LogP contribution >= 0.6 is 0 Å². The second kappa shape index (κ2) is 6.36. The Hall–Kier alpha value is -0.120. The molecule has 2 rings (SSSR count).